The zero-order valence-corrected chi connectivity index (χ0v) is 18.4. The summed E-state index contributed by atoms with van der Waals surface area (Å²) in [6.07, 6.45) is 9.50. The van der Waals surface area contributed by atoms with Crippen LogP contribution in [-0.4, -0.2) is 37.4 Å². The highest BCUT2D eigenvalue weighted by atomic mass is 16.5. The van der Waals surface area contributed by atoms with Crippen molar-refractivity contribution < 1.29 is 14.1 Å². The van der Waals surface area contributed by atoms with Gasteiger partial charge < -0.3 is 15.6 Å². The number of carbonyl (C=O) groups excluding carboxylic acids is 2. The monoisotopic (exact) mass is 444 g/mol. The molecule has 0 spiro atoms. The van der Waals surface area contributed by atoms with E-state index in [0.717, 1.165) is 24.0 Å². The summed E-state index contributed by atoms with van der Waals surface area (Å²) in [6, 6.07) is 5.70. The third-order valence-electron chi connectivity index (χ3n) is 5.91. The molecule has 1 unspecified atom stereocenters. The summed E-state index contributed by atoms with van der Waals surface area (Å²) in [5, 5.41) is 6.93. The Morgan fingerprint density at radius 2 is 2.06 bits per heavy atom. The molecule has 1 atom stereocenters. The molecule has 0 radical (unpaired) electrons. The van der Waals surface area contributed by atoms with Crippen LogP contribution in [0.15, 0.2) is 47.3 Å². The number of amides is 1. The number of Topliss-reactive ketones (excluding diaryl/α,β-unsaturated/α-hetero) is 1. The average molecular weight is 444 g/mol. The lowest BCUT2D eigenvalue weighted by Gasteiger charge is -2.15. The lowest BCUT2D eigenvalue weighted by molar-refractivity contribution is 0.0938. The second-order valence-corrected chi connectivity index (χ2v) is 8.49. The third kappa shape index (κ3) is 4.09. The molecule has 3 N–H and O–H groups in total. The molecule has 5 rings (SSSR count). The number of anilines is 1. The summed E-state index contributed by atoms with van der Waals surface area (Å²) in [5.74, 6) is 0.444. The smallest absolute Gasteiger partial charge is 0.251 e. The molecule has 2 aromatic heterocycles. The van der Waals surface area contributed by atoms with Crippen molar-refractivity contribution in [2.75, 3.05) is 5.73 Å². The van der Waals surface area contributed by atoms with Crippen molar-refractivity contribution in [3.63, 3.8) is 0 Å². The van der Waals surface area contributed by atoms with Gasteiger partial charge in [0.25, 0.3) is 5.91 Å². The fraction of sp³-hybridized carbons (Fsp3) is 0.292. The Hall–Kier alpha value is -4.01. The van der Waals surface area contributed by atoms with E-state index in [1.54, 1.807) is 23.6 Å². The topological polar surface area (TPSA) is 129 Å². The molecule has 0 bridgehead atoms. The van der Waals surface area contributed by atoms with Gasteiger partial charge in [0.05, 0.1) is 5.69 Å². The van der Waals surface area contributed by atoms with E-state index in [4.69, 9.17) is 10.3 Å². The number of allylic oxidation sites excluding steroid dienone is 4. The molecule has 1 amide bonds. The minimum atomic E-state index is -0.439. The van der Waals surface area contributed by atoms with E-state index >= 15 is 0 Å². The largest absolute Gasteiger partial charge is 0.383 e. The zero-order chi connectivity index (χ0) is 23.1. The predicted octanol–water partition coefficient (Wildman–Crippen LogP) is 3.19. The lowest BCUT2D eigenvalue weighted by atomic mass is 9.89. The van der Waals surface area contributed by atoms with E-state index in [2.05, 4.69) is 20.4 Å². The van der Waals surface area contributed by atoms with Crippen LogP contribution in [0.25, 0.3) is 11.3 Å². The number of aromatic nitrogens is 4. The maximum atomic E-state index is 13.3. The van der Waals surface area contributed by atoms with Crippen molar-refractivity contribution in [1.82, 2.24) is 25.0 Å². The second kappa shape index (κ2) is 8.16. The molecule has 9 heteroatoms. The summed E-state index contributed by atoms with van der Waals surface area (Å²) in [5.41, 5.74) is 9.56. The van der Waals surface area contributed by atoms with Gasteiger partial charge in [0, 0.05) is 30.0 Å². The van der Waals surface area contributed by atoms with E-state index in [-0.39, 0.29) is 29.2 Å². The number of aryl methyl sites for hydroxylation is 2. The van der Waals surface area contributed by atoms with Crippen LogP contribution >= 0.6 is 0 Å². The van der Waals surface area contributed by atoms with Crippen LogP contribution < -0.4 is 11.1 Å². The van der Waals surface area contributed by atoms with Crippen molar-refractivity contribution in [3.05, 3.63) is 71.3 Å². The third-order valence-corrected chi connectivity index (χ3v) is 5.91. The maximum absolute atomic E-state index is 13.3. The molecule has 9 nitrogen and oxygen atoms in total. The van der Waals surface area contributed by atoms with E-state index in [0.29, 0.717) is 29.4 Å². The molecule has 1 aromatic carbocycles. The summed E-state index contributed by atoms with van der Waals surface area (Å²) < 4.78 is 6.71. The standard InChI is InChI=1S/C24H24N6O3/c1-13-6-7-17(24(32)28-18-8-9-18)11-19(13)30-12-26-20(22(30)25)21(31)15-4-3-5-16(10-15)23-27-14(2)33-29-23/h3-7,11-12,15,18H,8-10,25H2,1-2H3,(H,28,32). The van der Waals surface area contributed by atoms with Crippen LogP contribution in [0.1, 0.15) is 57.4 Å². The van der Waals surface area contributed by atoms with Crippen molar-refractivity contribution in [2.24, 2.45) is 5.92 Å². The van der Waals surface area contributed by atoms with Gasteiger partial charge in [0.1, 0.15) is 17.8 Å². The number of rotatable bonds is 6. The number of imidazole rings is 1. The van der Waals surface area contributed by atoms with Gasteiger partial charge in [0.2, 0.25) is 5.89 Å². The number of benzene rings is 1. The van der Waals surface area contributed by atoms with E-state index < -0.39 is 5.92 Å². The first-order chi connectivity index (χ1) is 15.9. The Labute approximate surface area is 190 Å². The first kappa shape index (κ1) is 20.9. The highest BCUT2D eigenvalue weighted by Crippen LogP contribution is 2.30. The molecule has 168 valence electrons. The van der Waals surface area contributed by atoms with Gasteiger partial charge in [-0.15, -0.1) is 0 Å². The van der Waals surface area contributed by atoms with Crippen LogP contribution in [-0.2, 0) is 0 Å². The average Bonchev–Trinajstić information content (AvgIpc) is 3.39. The van der Waals surface area contributed by atoms with Crippen LogP contribution in [0.3, 0.4) is 0 Å². The van der Waals surface area contributed by atoms with Crippen molar-refractivity contribution in [2.45, 2.75) is 39.2 Å². The fourth-order valence-electron chi connectivity index (χ4n) is 3.88. The van der Waals surface area contributed by atoms with E-state index in [9.17, 15) is 9.59 Å². The molecule has 0 aliphatic heterocycles. The van der Waals surface area contributed by atoms with Crippen LogP contribution in [0, 0.1) is 19.8 Å². The van der Waals surface area contributed by atoms with Gasteiger partial charge in [-0.1, -0.05) is 29.5 Å². The Morgan fingerprint density at radius 1 is 1.24 bits per heavy atom. The molecular weight excluding hydrogens is 420 g/mol. The highest BCUT2D eigenvalue weighted by molar-refractivity contribution is 6.02. The summed E-state index contributed by atoms with van der Waals surface area (Å²) in [4.78, 5) is 34.3. The molecule has 2 aliphatic carbocycles. The molecule has 1 saturated carbocycles. The quantitative estimate of drug-likeness (QED) is 0.559. The van der Waals surface area contributed by atoms with Crippen LogP contribution in [0.5, 0.6) is 0 Å². The number of nitrogens with two attached hydrogens (primary N) is 1. The van der Waals surface area contributed by atoms with Gasteiger partial charge in [-0.05, 0) is 43.9 Å². The van der Waals surface area contributed by atoms with E-state index in [1.165, 1.54) is 6.33 Å². The van der Waals surface area contributed by atoms with Gasteiger partial charge in [-0.2, -0.15) is 4.98 Å². The maximum Gasteiger partial charge on any atom is 0.251 e. The second-order valence-electron chi connectivity index (χ2n) is 8.49. The van der Waals surface area contributed by atoms with Crippen molar-refractivity contribution >= 4 is 23.1 Å². The van der Waals surface area contributed by atoms with Crippen molar-refractivity contribution in [3.8, 4) is 5.69 Å². The summed E-state index contributed by atoms with van der Waals surface area (Å²) >= 11 is 0. The highest BCUT2D eigenvalue weighted by Gasteiger charge is 2.28. The number of nitrogens with one attached hydrogen (secondary N) is 1. The number of hydrogen-bond acceptors (Lipinski definition) is 7. The van der Waals surface area contributed by atoms with Crippen LogP contribution in [0.4, 0.5) is 5.82 Å². The fourth-order valence-corrected chi connectivity index (χ4v) is 3.88. The Bertz CT molecular complexity index is 1310. The van der Waals surface area contributed by atoms with Gasteiger partial charge in [-0.3, -0.25) is 14.2 Å². The van der Waals surface area contributed by atoms with Crippen molar-refractivity contribution in [1.29, 1.82) is 0 Å². The molecule has 2 aliphatic rings. The number of ketones is 1. The van der Waals surface area contributed by atoms with Gasteiger partial charge >= 0.3 is 0 Å². The first-order valence-corrected chi connectivity index (χ1v) is 10.9. The molecular formula is C24H24N6O3. The summed E-state index contributed by atoms with van der Waals surface area (Å²) in [6.45, 7) is 3.64. The Kier molecular flexibility index (Phi) is 5.16. The first-order valence-electron chi connectivity index (χ1n) is 10.9. The lowest BCUT2D eigenvalue weighted by Crippen LogP contribution is -2.25. The molecule has 2 heterocycles. The van der Waals surface area contributed by atoms with Crippen LogP contribution in [0.2, 0.25) is 0 Å². The van der Waals surface area contributed by atoms with Gasteiger partial charge in [0.15, 0.2) is 11.6 Å². The zero-order valence-electron chi connectivity index (χ0n) is 18.4. The molecule has 3 aromatic rings. The normalized spacial score (nSPS) is 17.6. The predicted molar refractivity (Wildman–Crippen MR) is 122 cm³/mol. The minimum absolute atomic E-state index is 0.114. The SMILES string of the molecule is Cc1nc(C2=CC=CC(C(=O)c3ncn(-c4cc(C(=O)NC5CC5)ccc4C)c3N)C2)no1. The summed E-state index contributed by atoms with van der Waals surface area (Å²) in [7, 11) is 0. The number of hydrogen-bond donors (Lipinski definition) is 2. The number of nitrogen functional groups attached to an aromatic ring is 1. The number of nitrogens with zero attached hydrogens (tertiary/aromatic N) is 4. The Morgan fingerprint density at radius 3 is 2.79 bits per heavy atom. The minimum Gasteiger partial charge on any atom is -0.383 e. The van der Waals surface area contributed by atoms with Gasteiger partial charge in [-0.25, -0.2) is 4.98 Å². The Balaban J connectivity index is 1.39. The molecule has 33 heavy (non-hydrogen) atoms. The molecule has 0 saturated heterocycles. The number of carbonyl (C=O) groups is 2. The van der Waals surface area contributed by atoms with E-state index in [1.807, 2.05) is 31.2 Å². The molecule has 1 fully saturated rings.